The van der Waals surface area contributed by atoms with E-state index in [1.54, 1.807) is 0 Å². The van der Waals surface area contributed by atoms with Crippen molar-refractivity contribution in [3.8, 4) is 11.3 Å². The minimum atomic E-state index is -1.55. The minimum Gasteiger partial charge on any atom is -0.512 e. The molecule has 5 aromatic rings. The van der Waals surface area contributed by atoms with Crippen LogP contribution in [-0.2, 0) is 24.9 Å². The third kappa shape index (κ3) is 8.49. The van der Waals surface area contributed by atoms with Crippen molar-refractivity contribution >= 4 is 51.4 Å². The molecule has 3 nitrogen and oxygen atoms in total. The van der Waals surface area contributed by atoms with Crippen LogP contribution in [0.2, 0.25) is 19.6 Å². The van der Waals surface area contributed by atoms with Crippen molar-refractivity contribution in [1.29, 1.82) is 0 Å². The predicted octanol–water partition coefficient (Wildman–Crippen LogP) is 12.6. The number of nitrogens with zero attached hydrogens (tertiary/aromatic N) is 1. The zero-order chi connectivity index (χ0) is 36.3. The summed E-state index contributed by atoms with van der Waals surface area (Å²) in [6, 6.07) is 26.1. The van der Waals surface area contributed by atoms with Crippen molar-refractivity contribution in [3.63, 3.8) is 0 Å². The molecular formula is C45H58IrNO2Si-. The molecule has 50 heavy (non-hydrogen) atoms. The van der Waals surface area contributed by atoms with Gasteiger partial charge in [-0.1, -0.05) is 128 Å². The molecule has 269 valence electrons. The number of aliphatic hydroxyl groups excluding tert-OH is 1. The average Bonchev–Trinajstić information content (AvgIpc) is 3.09. The van der Waals surface area contributed by atoms with Crippen LogP contribution >= 0.6 is 0 Å². The first-order valence-corrected chi connectivity index (χ1v) is 21.8. The van der Waals surface area contributed by atoms with E-state index in [2.05, 4.69) is 107 Å². The molecule has 0 saturated heterocycles. The van der Waals surface area contributed by atoms with E-state index in [9.17, 15) is 9.90 Å². The molecule has 1 radical (unpaired) electrons. The van der Waals surface area contributed by atoms with Gasteiger partial charge in [0, 0.05) is 48.9 Å². The summed E-state index contributed by atoms with van der Waals surface area (Å²) in [5.74, 6) is 0.809. The molecule has 0 aliphatic rings. The molecule has 0 bridgehead atoms. The maximum absolute atomic E-state index is 12.2. The van der Waals surface area contributed by atoms with Gasteiger partial charge in [0.1, 0.15) is 5.76 Å². The van der Waals surface area contributed by atoms with Crippen molar-refractivity contribution < 1.29 is 30.0 Å². The summed E-state index contributed by atoms with van der Waals surface area (Å²) in [6.07, 6.45) is 6.71. The quantitative estimate of drug-likeness (QED) is 0.0500. The number of hydrogen-bond acceptors (Lipinski definition) is 3. The van der Waals surface area contributed by atoms with Gasteiger partial charge in [-0.05, 0) is 77.3 Å². The second-order valence-electron chi connectivity index (χ2n) is 15.7. The van der Waals surface area contributed by atoms with E-state index < -0.39 is 8.07 Å². The first-order chi connectivity index (χ1) is 23.0. The Kier molecular flexibility index (Phi) is 13.6. The van der Waals surface area contributed by atoms with Gasteiger partial charge in [-0.3, -0.25) is 9.78 Å². The van der Waals surface area contributed by atoms with Crippen molar-refractivity contribution in [2.75, 3.05) is 0 Å². The Labute approximate surface area is 316 Å². The van der Waals surface area contributed by atoms with Gasteiger partial charge in [-0.25, -0.2) is 0 Å². The number of pyridine rings is 1. The summed E-state index contributed by atoms with van der Waals surface area (Å²) in [5.41, 5.74) is 4.31. The third-order valence-corrected chi connectivity index (χ3v) is 13.2. The Morgan fingerprint density at radius 2 is 1.46 bits per heavy atom. The Morgan fingerprint density at radius 1 is 0.840 bits per heavy atom. The van der Waals surface area contributed by atoms with Crippen molar-refractivity contribution in [2.45, 2.75) is 114 Å². The number of carbonyl (C=O) groups excluding carboxylic acids is 1. The molecule has 1 aromatic heterocycles. The number of aromatic nitrogens is 1. The first-order valence-electron chi connectivity index (χ1n) is 18.3. The summed E-state index contributed by atoms with van der Waals surface area (Å²) in [4.78, 5) is 17.0. The standard InChI is InChI=1S/C30H30NSi.C15H28O2.Ir/c1-19(2)27-17-22-11-12-26-25(28(22)15-20(27)3)13-14-31-30(26)23-16-21-9-7-8-10-24(21)29(18-23)32(4,5)6;1-7-14(5,8-2)12(16)11-13(17)15(6,9-3)10-4;/h7-15,17-19H,1-6H3;11,16H,7-10H2,1-6H3;/q-1;;/b;12-11-;. The first kappa shape index (κ1) is 41.3. The Bertz CT molecular complexity index is 1990. The smallest absolute Gasteiger partial charge is 0.164 e. The number of fused-ring (bicyclic) bond motifs is 4. The Hall–Kier alpha value is -3.11. The Balaban J connectivity index is 0.000000323. The van der Waals surface area contributed by atoms with Gasteiger partial charge in [-0.2, -0.15) is 0 Å². The van der Waals surface area contributed by atoms with E-state index in [1.807, 2.05) is 47.7 Å². The summed E-state index contributed by atoms with van der Waals surface area (Å²) in [5, 5.41) is 19.2. The van der Waals surface area contributed by atoms with Gasteiger partial charge in [-0.15, -0.1) is 28.8 Å². The van der Waals surface area contributed by atoms with Crippen LogP contribution in [0.25, 0.3) is 43.6 Å². The summed E-state index contributed by atoms with van der Waals surface area (Å²) >= 11 is 0. The van der Waals surface area contributed by atoms with E-state index in [-0.39, 0.29) is 42.5 Å². The predicted molar refractivity (Wildman–Crippen MR) is 216 cm³/mol. The van der Waals surface area contributed by atoms with E-state index in [4.69, 9.17) is 4.98 Å². The molecule has 0 amide bonds. The van der Waals surface area contributed by atoms with Crippen LogP contribution in [0, 0.1) is 23.8 Å². The third-order valence-electron chi connectivity index (χ3n) is 11.2. The van der Waals surface area contributed by atoms with E-state index >= 15 is 0 Å². The Morgan fingerprint density at radius 3 is 2.04 bits per heavy atom. The fourth-order valence-electron chi connectivity index (χ4n) is 6.66. The number of benzene rings is 4. The summed E-state index contributed by atoms with van der Waals surface area (Å²) in [7, 11) is -1.55. The number of allylic oxidation sites excluding steroid dienone is 2. The molecule has 0 unspecified atom stereocenters. The molecule has 0 fully saturated rings. The molecule has 0 aliphatic carbocycles. The van der Waals surface area contributed by atoms with Gasteiger partial charge in [0.15, 0.2) is 5.78 Å². The molecular weight excluding hydrogens is 807 g/mol. The summed E-state index contributed by atoms with van der Waals surface area (Å²) < 4.78 is 0. The van der Waals surface area contributed by atoms with Crippen molar-refractivity contribution in [2.24, 2.45) is 10.8 Å². The van der Waals surface area contributed by atoms with Crippen LogP contribution < -0.4 is 5.19 Å². The number of aliphatic hydroxyl groups is 1. The molecule has 5 rings (SSSR count). The SMILES string of the molecule is CCC(C)(CC)C(=O)/C=C(\O)C(C)(CC)CC.Cc1cc2c(ccc3c(-c4[c-]c5ccccc5c([Si](C)(C)C)c4)nccc32)cc1C(C)C.[Ir]. The maximum Gasteiger partial charge on any atom is 0.164 e. The molecule has 4 aromatic carbocycles. The summed E-state index contributed by atoms with van der Waals surface area (Å²) in [6.45, 7) is 26.1. The topological polar surface area (TPSA) is 50.2 Å². The largest absolute Gasteiger partial charge is 0.512 e. The molecule has 0 aliphatic heterocycles. The molecule has 1 N–H and O–H groups in total. The zero-order valence-electron chi connectivity index (χ0n) is 32.5. The monoisotopic (exact) mass is 865 g/mol. The van der Waals surface area contributed by atoms with Crippen LogP contribution in [0.1, 0.15) is 98.1 Å². The van der Waals surface area contributed by atoms with Gasteiger partial charge in [0.05, 0.1) is 8.07 Å². The number of aryl methyl sites for hydroxylation is 1. The normalized spacial score (nSPS) is 12.6. The fourth-order valence-corrected chi connectivity index (χ4v) is 8.27. The average molecular weight is 865 g/mol. The van der Waals surface area contributed by atoms with Crippen LogP contribution in [0.15, 0.2) is 78.7 Å². The van der Waals surface area contributed by atoms with E-state index in [0.29, 0.717) is 5.92 Å². The van der Waals surface area contributed by atoms with Gasteiger partial charge >= 0.3 is 0 Å². The fraction of sp³-hybridized carbons (Fsp3) is 0.422. The number of ketones is 1. The van der Waals surface area contributed by atoms with E-state index in [0.717, 1.165) is 36.9 Å². The molecule has 0 atom stereocenters. The van der Waals surface area contributed by atoms with Crippen LogP contribution in [0.5, 0.6) is 0 Å². The molecule has 1 heterocycles. The van der Waals surface area contributed by atoms with Gasteiger partial charge < -0.3 is 5.11 Å². The second-order valence-corrected chi connectivity index (χ2v) is 20.8. The number of hydrogen-bond donors (Lipinski definition) is 1. The zero-order valence-corrected chi connectivity index (χ0v) is 35.9. The van der Waals surface area contributed by atoms with Gasteiger partial charge in [0.2, 0.25) is 0 Å². The van der Waals surface area contributed by atoms with Crippen molar-refractivity contribution in [3.05, 3.63) is 95.9 Å². The number of carbonyl (C=O) groups is 1. The van der Waals surface area contributed by atoms with Crippen LogP contribution in [0.4, 0.5) is 0 Å². The van der Waals surface area contributed by atoms with E-state index in [1.165, 1.54) is 54.7 Å². The van der Waals surface area contributed by atoms with Crippen molar-refractivity contribution in [1.82, 2.24) is 4.98 Å². The van der Waals surface area contributed by atoms with Crippen LogP contribution in [0.3, 0.4) is 0 Å². The maximum atomic E-state index is 12.2. The minimum absolute atomic E-state index is 0. The second kappa shape index (κ2) is 16.5. The molecule has 0 saturated carbocycles. The van der Waals surface area contributed by atoms with Crippen LogP contribution in [-0.4, -0.2) is 23.9 Å². The van der Waals surface area contributed by atoms with Gasteiger partial charge in [0.25, 0.3) is 0 Å². The molecule has 0 spiro atoms. The number of rotatable bonds is 10. The molecule has 5 heteroatoms.